The predicted molar refractivity (Wildman–Crippen MR) is 149 cm³/mol. The zero-order chi connectivity index (χ0) is 25.9. The number of amidine groups is 2. The fourth-order valence-electron chi connectivity index (χ4n) is 4.96. The van der Waals surface area contributed by atoms with Gasteiger partial charge in [0.2, 0.25) is 0 Å². The second-order valence-electron chi connectivity index (χ2n) is 9.52. The summed E-state index contributed by atoms with van der Waals surface area (Å²) in [6, 6.07) is 25.0. The highest BCUT2D eigenvalue weighted by Crippen LogP contribution is 2.27. The van der Waals surface area contributed by atoms with Crippen LogP contribution in [0.15, 0.2) is 83.7 Å². The Morgan fingerprint density at radius 3 is 2.41 bits per heavy atom. The number of rotatable bonds is 6. The van der Waals surface area contributed by atoms with Gasteiger partial charge in [-0.3, -0.25) is 15.6 Å². The predicted octanol–water partition coefficient (Wildman–Crippen LogP) is 4.84. The molecule has 1 fully saturated rings. The highest BCUT2D eigenvalue weighted by Gasteiger charge is 2.21. The van der Waals surface area contributed by atoms with Gasteiger partial charge in [0.25, 0.3) is 5.56 Å². The number of fused-ring (bicyclic) bond motifs is 1. The number of hydrogen-bond donors (Lipinski definition) is 3. The number of nitrogens with one attached hydrogen (secondary N) is 2. The fraction of sp³-hybridized carbons (Fsp3) is 0.233. The molecule has 3 aromatic carbocycles. The Balaban J connectivity index is 1.41. The van der Waals surface area contributed by atoms with Crippen LogP contribution in [0, 0.1) is 10.8 Å². The number of nitrogen functional groups attached to an aromatic ring is 1. The molecule has 1 aromatic heterocycles. The van der Waals surface area contributed by atoms with Crippen molar-refractivity contribution in [2.45, 2.75) is 32.4 Å². The lowest BCUT2D eigenvalue weighted by Crippen LogP contribution is -2.40. The summed E-state index contributed by atoms with van der Waals surface area (Å²) >= 11 is 0. The summed E-state index contributed by atoms with van der Waals surface area (Å²) in [6.45, 7) is 3.93. The Bertz CT molecular complexity index is 1520. The molecule has 4 N–H and O–H groups in total. The van der Waals surface area contributed by atoms with Crippen LogP contribution in [0.4, 0.5) is 0 Å². The molecule has 7 heteroatoms. The van der Waals surface area contributed by atoms with E-state index in [4.69, 9.17) is 21.3 Å². The van der Waals surface area contributed by atoms with Crippen molar-refractivity contribution in [3.05, 3.63) is 100 Å². The van der Waals surface area contributed by atoms with Gasteiger partial charge in [-0.25, -0.2) is 0 Å². The van der Waals surface area contributed by atoms with Crippen LogP contribution in [0.3, 0.4) is 0 Å². The van der Waals surface area contributed by atoms with Crippen LogP contribution in [0.2, 0.25) is 0 Å². The normalized spacial score (nSPS) is 14.0. The molecule has 0 radical (unpaired) electrons. The van der Waals surface area contributed by atoms with Crippen molar-refractivity contribution in [3.8, 4) is 16.9 Å². The first-order chi connectivity index (χ1) is 17.9. The van der Waals surface area contributed by atoms with Gasteiger partial charge in [-0.15, -0.1) is 0 Å². The van der Waals surface area contributed by atoms with Gasteiger partial charge in [-0.2, -0.15) is 0 Å². The van der Waals surface area contributed by atoms with Gasteiger partial charge < -0.3 is 19.9 Å². The maximum Gasteiger partial charge on any atom is 0.251 e. The van der Waals surface area contributed by atoms with Gasteiger partial charge in [0.05, 0.1) is 17.9 Å². The smallest absolute Gasteiger partial charge is 0.251 e. The Morgan fingerprint density at radius 2 is 1.70 bits per heavy atom. The van der Waals surface area contributed by atoms with Gasteiger partial charge >= 0.3 is 0 Å². The molecule has 7 nitrogen and oxygen atoms in total. The van der Waals surface area contributed by atoms with Crippen LogP contribution in [0.5, 0.6) is 5.75 Å². The molecular formula is C30H31N5O2. The van der Waals surface area contributed by atoms with Crippen molar-refractivity contribution >= 4 is 22.6 Å². The van der Waals surface area contributed by atoms with Crippen molar-refractivity contribution in [1.82, 2.24) is 9.47 Å². The molecule has 37 heavy (non-hydrogen) atoms. The number of ether oxygens (including phenoxy) is 1. The quantitative estimate of drug-likeness (QED) is 0.264. The largest absolute Gasteiger partial charge is 0.490 e. The minimum absolute atomic E-state index is 0.0393. The molecule has 0 aliphatic carbocycles. The lowest BCUT2D eigenvalue weighted by molar-refractivity contribution is 0.130. The van der Waals surface area contributed by atoms with E-state index in [2.05, 4.69) is 4.90 Å². The topological polar surface area (TPSA) is 108 Å². The molecule has 4 aromatic rings. The summed E-state index contributed by atoms with van der Waals surface area (Å²) in [6.07, 6.45) is 1.90. The first kappa shape index (κ1) is 24.3. The third-order valence-electron chi connectivity index (χ3n) is 7.03. The zero-order valence-electron chi connectivity index (χ0n) is 20.9. The maximum absolute atomic E-state index is 13.0. The van der Waals surface area contributed by atoms with Gasteiger partial charge in [-0.1, -0.05) is 48.5 Å². The lowest BCUT2D eigenvalue weighted by atomic mass is 9.98. The molecule has 2 heterocycles. The van der Waals surface area contributed by atoms with Gasteiger partial charge in [0.15, 0.2) is 0 Å². The standard InChI is InChI=1S/C30H31N5O2/c1-20(31)34-16-14-25(15-17-34)37-26-11-12-28-23(18-26)10-13-29(36)35(28)19-24-4-2-3-5-27(24)21-6-8-22(9-7-21)30(32)33/h2-13,18,25,31H,14-17,19H2,1H3,(H3,32,33). The molecule has 0 unspecified atom stereocenters. The van der Waals surface area contributed by atoms with Crippen LogP contribution < -0.4 is 16.0 Å². The second kappa shape index (κ2) is 10.3. The number of nitrogens with zero attached hydrogens (tertiary/aromatic N) is 2. The number of piperidine rings is 1. The van der Waals surface area contributed by atoms with Gasteiger partial charge in [0.1, 0.15) is 17.7 Å². The molecule has 188 valence electrons. The minimum atomic E-state index is -0.0581. The average molecular weight is 494 g/mol. The molecule has 0 saturated carbocycles. The van der Waals surface area contributed by atoms with Crippen molar-refractivity contribution < 1.29 is 4.74 Å². The third-order valence-corrected chi connectivity index (χ3v) is 7.03. The summed E-state index contributed by atoms with van der Waals surface area (Å²) in [5.74, 6) is 1.45. The Hall–Kier alpha value is -4.39. The Kier molecular flexibility index (Phi) is 6.77. The third kappa shape index (κ3) is 5.26. The van der Waals surface area contributed by atoms with Crippen molar-refractivity contribution in [2.75, 3.05) is 13.1 Å². The Labute approximate surface area is 216 Å². The van der Waals surface area contributed by atoms with E-state index in [1.54, 1.807) is 10.6 Å². The van der Waals surface area contributed by atoms with E-state index in [0.717, 1.165) is 59.3 Å². The number of hydrogen-bond acceptors (Lipinski definition) is 4. The molecular weight excluding hydrogens is 462 g/mol. The van der Waals surface area contributed by atoms with E-state index in [9.17, 15) is 4.79 Å². The molecule has 0 atom stereocenters. The average Bonchev–Trinajstić information content (AvgIpc) is 2.91. The summed E-state index contributed by atoms with van der Waals surface area (Å²) in [4.78, 5) is 15.0. The molecule has 0 amide bonds. The van der Waals surface area contributed by atoms with Crippen molar-refractivity contribution in [1.29, 1.82) is 10.8 Å². The highest BCUT2D eigenvalue weighted by molar-refractivity contribution is 5.95. The zero-order valence-corrected chi connectivity index (χ0v) is 20.9. The molecule has 1 aliphatic heterocycles. The number of likely N-dealkylation sites (tertiary alicyclic amines) is 1. The molecule has 0 spiro atoms. The van der Waals surface area contributed by atoms with Crippen LogP contribution in [0.1, 0.15) is 30.9 Å². The molecule has 1 saturated heterocycles. The first-order valence-electron chi connectivity index (χ1n) is 12.5. The summed E-state index contributed by atoms with van der Waals surface area (Å²) in [7, 11) is 0. The lowest BCUT2D eigenvalue weighted by Gasteiger charge is -2.32. The van der Waals surface area contributed by atoms with Crippen molar-refractivity contribution in [3.63, 3.8) is 0 Å². The first-order valence-corrected chi connectivity index (χ1v) is 12.5. The molecule has 0 bridgehead atoms. The maximum atomic E-state index is 13.0. The monoisotopic (exact) mass is 493 g/mol. The molecule has 5 rings (SSSR count). The van der Waals surface area contributed by atoms with Gasteiger partial charge in [0, 0.05) is 42.9 Å². The van der Waals surface area contributed by atoms with Crippen LogP contribution in [-0.2, 0) is 6.54 Å². The number of pyridine rings is 1. The SMILES string of the molecule is CC(=N)N1CCC(Oc2ccc3c(ccc(=O)n3Cc3ccccc3-c3ccc(C(=N)N)cc3)c2)CC1. The minimum Gasteiger partial charge on any atom is -0.490 e. The highest BCUT2D eigenvalue weighted by atomic mass is 16.5. The second-order valence-corrected chi connectivity index (χ2v) is 9.52. The van der Waals surface area contributed by atoms with Crippen LogP contribution in [0.25, 0.3) is 22.0 Å². The van der Waals surface area contributed by atoms with E-state index in [1.807, 2.05) is 79.7 Å². The number of aromatic nitrogens is 1. The fourth-order valence-corrected chi connectivity index (χ4v) is 4.96. The van der Waals surface area contributed by atoms with Gasteiger partial charge in [-0.05, 0) is 47.9 Å². The summed E-state index contributed by atoms with van der Waals surface area (Å²) in [5, 5.41) is 16.4. The van der Waals surface area contributed by atoms with E-state index in [1.165, 1.54) is 0 Å². The summed E-state index contributed by atoms with van der Waals surface area (Å²) in [5.41, 5.74) is 10.2. The number of nitrogens with two attached hydrogens (primary N) is 1. The number of benzene rings is 3. The Morgan fingerprint density at radius 1 is 0.973 bits per heavy atom. The van der Waals surface area contributed by atoms with Crippen molar-refractivity contribution in [2.24, 2.45) is 5.73 Å². The van der Waals surface area contributed by atoms with E-state index >= 15 is 0 Å². The van der Waals surface area contributed by atoms with Crippen LogP contribution in [-0.4, -0.2) is 40.3 Å². The van der Waals surface area contributed by atoms with Crippen LogP contribution >= 0.6 is 0 Å². The summed E-state index contributed by atoms with van der Waals surface area (Å²) < 4.78 is 8.07. The molecule has 1 aliphatic rings. The van der Waals surface area contributed by atoms with E-state index in [-0.39, 0.29) is 17.5 Å². The van der Waals surface area contributed by atoms with E-state index in [0.29, 0.717) is 17.9 Å². The van der Waals surface area contributed by atoms with E-state index < -0.39 is 0 Å².